The van der Waals surface area contributed by atoms with E-state index in [2.05, 4.69) is 46.3 Å². The van der Waals surface area contributed by atoms with Crippen LogP contribution in [-0.4, -0.2) is 81.0 Å². The summed E-state index contributed by atoms with van der Waals surface area (Å²) in [6, 6.07) is 10.8. The molecular formula is C24H34N6O3S. The summed E-state index contributed by atoms with van der Waals surface area (Å²) in [5.74, 6) is 0.778. The Balaban J connectivity index is 1.31. The number of hydrogen-bond donors (Lipinski definition) is 1. The van der Waals surface area contributed by atoms with Crippen LogP contribution >= 0.6 is 11.8 Å². The van der Waals surface area contributed by atoms with Crippen molar-refractivity contribution in [3.05, 3.63) is 41.7 Å². The molecule has 0 aliphatic carbocycles. The lowest BCUT2D eigenvalue weighted by Crippen LogP contribution is -2.49. The molecule has 2 atom stereocenters. The van der Waals surface area contributed by atoms with Gasteiger partial charge in [-0.15, -0.1) is 10.2 Å². The highest BCUT2D eigenvalue weighted by Crippen LogP contribution is 2.24. The van der Waals surface area contributed by atoms with Gasteiger partial charge in [0.25, 0.3) is 0 Å². The van der Waals surface area contributed by atoms with E-state index >= 15 is 0 Å². The topological polar surface area (TPSA) is 107 Å². The Morgan fingerprint density at radius 3 is 2.62 bits per heavy atom. The molecule has 3 heterocycles. The number of benzene rings is 1. The molecule has 1 aromatic heterocycles. The number of piperazine rings is 1. The molecule has 34 heavy (non-hydrogen) atoms. The minimum Gasteiger partial charge on any atom is -0.376 e. The van der Waals surface area contributed by atoms with Gasteiger partial charge in [0.05, 0.1) is 18.4 Å². The highest BCUT2D eigenvalue weighted by molar-refractivity contribution is 7.99. The minimum absolute atomic E-state index is 0.109. The van der Waals surface area contributed by atoms with Gasteiger partial charge < -0.3 is 19.9 Å². The van der Waals surface area contributed by atoms with Crippen LogP contribution in [0.1, 0.15) is 43.6 Å². The zero-order chi connectivity index (χ0) is 23.9. The van der Waals surface area contributed by atoms with Crippen molar-refractivity contribution < 1.29 is 14.3 Å². The van der Waals surface area contributed by atoms with Gasteiger partial charge in [0.15, 0.2) is 5.16 Å². The van der Waals surface area contributed by atoms with Gasteiger partial charge in [-0.1, -0.05) is 42.1 Å². The zero-order valence-corrected chi connectivity index (χ0v) is 20.6. The van der Waals surface area contributed by atoms with Gasteiger partial charge in [-0.2, -0.15) is 0 Å². The molecule has 2 saturated heterocycles. The van der Waals surface area contributed by atoms with E-state index in [0.29, 0.717) is 35.7 Å². The maximum absolute atomic E-state index is 12.9. The van der Waals surface area contributed by atoms with Gasteiger partial charge in [-0.05, 0) is 25.3 Å². The molecule has 0 spiro atoms. The smallest absolute Gasteiger partial charge is 0.233 e. The molecule has 2 unspecified atom stereocenters. The third-order valence-electron chi connectivity index (χ3n) is 6.62. The van der Waals surface area contributed by atoms with Crippen LogP contribution in [-0.2, 0) is 27.3 Å². The van der Waals surface area contributed by atoms with Crippen LogP contribution in [0.25, 0.3) is 0 Å². The van der Waals surface area contributed by atoms with Crippen molar-refractivity contribution in [2.24, 2.45) is 5.73 Å². The quantitative estimate of drug-likeness (QED) is 0.511. The summed E-state index contributed by atoms with van der Waals surface area (Å²) < 4.78 is 7.78. The predicted octanol–water partition coefficient (Wildman–Crippen LogP) is 1.87. The number of aromatic nitrogens is 3. The van der Waals surface area contributed by atoms with E-state index in [-0.39, 0.29) is 24.3 Å². The van der Waals surface area contributed by atoms with Gasteiger partial charge in [-0.3, -0.25) is 14.5 Å². The molecule has 1 aromatic carbocycles. The highest BCUT2D eigenvalue weighted by atomic mass is 32.2. The van der Waals surface area contributed by atoms with Crippen LogP contribution in [0.2, 0.25) is 0 Å². The monoisotopic (exact) mass is 486 g/mol. The molecule has 0 bridgehead atoms. The van der Waals surface area contributed by atoms with Crippen molar-refractivity contribution in [2.75, 3.05) is 38.5 Å². The van der Waals surface area contributed by atoms with E-state index in [1.807, 2.05) is 15.5 Å². The SMILES string of the molecule is CC(c1ccccc1)N1CCN(C(=O)CSc2nnc(CCC(N)=O)n2CC2CCCO2)CC1. The van der Waals surface area contributed by atoms with Crippen molar-refractivity contribution in [3.63, 3.8) is 0 Å². The minimum atomic E-state index is -0.364. The third kappa shape index (κ3) is 6.37. The molecule has 2 aliphatic rings. The second-order valence-corrected chi connectivity index (χ2v) is 9.85. The van der Waals surface area contributed by atoms with Gasteiger partial charge >= 0.3 is 0 Å². The van der Waals surface area contributed by atoms with E-state index < -0.39 is 0 Å². The Bertz CT molecular complexity index is 955. The van der Waals surface area contributed by atoms with Crippen LogP contribution < -0.4 is 5.73 Å². The lowest BCUT2D eigenvalue weighted by atomic mass is 10.1. The first-order chi connectivity index (χ1) is 16.5. The number of nitrogens with two attached hydrogens (primary N) is 1. The van der Waals surface area contributed by atoms with Crippen LogP contribution in [0, 0.1) is 0 Å². The predicted molar refractivity (Wildman–Crippen MR) is 130 cm³/mol. The first-order valence-electron chi connectivity index (χ1n) is 12.0. The number of thioether (sulfide) groups is 1. The molecule has 4 rings (SSSR count). The standard InChI is InChI=1S/C24H34N6O3S/c1-18(19-6-3-2-4-7-19)28-11-13-29(14-12-28)23(32)17-34-24-27-26-22(10-9-21(25)31)30(24)16-20-8-5-15-33-20/h2-4,6-7,18,20H,5,8-17H2,1H3,(H2,25,31). The van der Waals surface area contributed by atoms with Gasteiger partial charge in [0.1, 0.15) is 5.82 Å². The van der Waals surface area contributed by atoms with Crippen molar-refractivity contribution in [2.45, 2.75) is 56.5 Å². The maximum atomic E-state index is 12.9. The molecule has 2 N–H and O–H groups in total. The summed E-state index contributed by atoms with van der Waals surface area (Å²) in [6.07, 6.45) is 2.80. The fourth-order valence-electron chi connectivity index (χ4n) is 4.54. The molecule has 2 fully saturated rings. The van der Waals surface area contributed by atoms with Gasteiger partial charge in [-0.25, -0.2) is 0 Å². The van der Waals surface area contributed by atoms with E-state index in [4.69, 9.17) is 10.5 Å². The van der Waals surface area contributed by atoms with Crippen molar-refractivity contribution >= 4 is 23.6 Å². The molecule has 0 saturated carbocycles. The summed E-state index contributed by atoms with van der Waals surface area (Å²) in [4.78, 5) is 28.6. The number of carbonyl (C=O) groups excluding carboxylic acids is 2. The Kier molecular flexibility index (Phi) is 8.58. The lowest BCUT2D eigenvalue weighted by molar-refractivity contribution is -0.130. The number of primary amides is 1. The molecule has 2 aromatic rings. The van der Waals surface area contributed by atoms with Crippen molar-refractivity contribution in [1.82, 2.24) is 24.6 Å². The Hall–Kier alpha value is -2.43. The molecule has 184 valence electrons. The number of hydrogen-bond acceptors (Lipinski definition) is 7. The normalized spacial score (nSPS) is 19.9. The van der Waals surface area contributed by atoms with Crippen LogP contribution in [0.15, 0.2) is 35.5 Å². The molecule has 9 nitrogen and oxygen atoms in total. The first-order valence-corrected chi connectivity index (χ1v) is 13.0. The number of amides is 2. The molecule has 0 radical (unpaired) electrons. The molecular weight excluding hydrogens is 452 g/mol. The maximum Gasteiger partial charge on any atom is 0.233 e. The number of nitrogens with zero attached hydrogens (tertiary/aromatic N) is 5. The fourth-order valence-corrected chi connectivity index (χ4v) is 5.41. The molecule has 10 heteroatoms. The summed E-state index contributed by atoms with van der Waals surface area (Å²) in [7, 11) is 0. The van der Waals surface area contributed by atoms with Crippen LogP contribution in [0.3, 0.4) is 0 Å². The second kappa shape index (κ2) is 11.8. The summed E-state index contributed by atoms with van der Waals surface area (Å²) in [6.45, 7) is 6.79. The van der Waals surface area contributed by atoms with Gasteiger partial charge in [0.2, 0.25) is 11.8 Å². The molecule has 2 amide bonds. The number of rotatable bonds is 10. The summed E-state index contributed by atoms with van der Waals surface area (Å²) in [5.41, 5.74) is 6.62. The number of aryl methyl sites for hydroxylation is 1. The average Bonchev–Trinajstić information content (AvgIpc) is 3.51. The largest absolute Gasteiger partial charge is 0.376 e. The Labute approximate surface area is 205 Å². The number of ether oxygens (including phenoxy) is 1. The zero-order valence-electron chi connectivity index (χ0n) is 19.8. The third-order valence-corrected chi connectivity index (χ3v) is 7.57. The van der Waals surface area contributed by atoms with Crippen LogP contribution in [0.4, 0.5) is 0 Å². The molecule has 2 aliphatic heterocycles. The second-order valence-electron chi connectivity index (χ2n) is 8.90. The van der Waals surface area contributed by atoms with E-state index in [1.54, 1.807) is 0 Å². The Morgan fingerprint density at radius 1 is 1.18 bits per heavy atom. The average molecular weight is 487 g/mol. The Morgan fingerprint density at radius 2 is 1.94 bits per heavy atom. The van der Waals surface area contributed by atoms with E-state index in [9.17, 15) is 9.59 Å². The lowest BCUT2D eigenvalue weighted by Gasteiger charge is -2.38. The van der Waals surface area contributed by atoms with Crippen LogP contribution in [0.5, 0.6) is 0 Å². The summed E-state index contributed by atoms with van der Waals surface area (Å²) in [5, 5.41) is 9.28. The number of carbonyl (C=O) groups is 2. The van der Waals surface area contributed by atoms with Crippen molar-refractivity contribution in [3.8, 4) is 0 Å². The summed E-state index contributed by atoms with van der Waals surface area (Å²) >= 11 is 1.40. The van der Waals surface area contributed by atoms with Gasteiger partial charge in [0, 0.05) is 51.7 Å². The fraction of sp³-hybridized carbons (Fsp3) is 0.583. The van der Waals surface area contributed by atoms with Crippen molar-refractivity contribution in [1.29, 1.82) is 0 Å². The van der Waals surface area contributed by atoms with E-state index in [1.165, 1.54) is 17.3 Å². The highest BCUT2D eigenvalue weighted by Gasteiger charge is 2.26. The first kappa shape index (κ1) is 24.7. The van der Waals surface area contributed by atoms with E-state index in [0.717, 1.165) is 45.6 Å².